The number of nitrogens with one attached hydrogen (secondary N) is 1. The molecule has 1 aromatic rings. The summed E-state index contributed by atoms with van der Waals surface area (Å²) < 4.78 is 22.1. The van der Waals surface area contributed by atoms with Crippen LogP contribution in [0.15, 0.2) is 30.3 Å². The number of thioether (sulfide) groups is 1. The molecular weight excluding hydrogens is 280 g/mol. The molecule has 0 spiro atoms. The second-order valence-electron chi connectivity index (χ2n) is 4.32. The Bertz CT molecular complexity index is 538. The van der Waals surface area contributed by atoms with Gasteiger partial charge in [0.05, 0.1) is 11.8 Å². The van der Waals surface area contributed by atoms with Crippen LogP contribution in [0.5, 0.6) is 0 Å². The standard InChI is InChI=1S/C13H18N2O2S2/c1-15-13(10-14,12-6-4-3-5-7-12)11-18-8-9-19(2,16)17/h3-7,15H,8-9,11H2,1-2H3. The van der Waals surface area contributed by atoms with E-state index in [1.165, 1.54) is 18.0 Å². The van der Waals surface area contributed by atoms with Gasteiger partial charge in [0, 0.05) is 17.8 Å². The maximum absolute atomic E-state index is 11.1. The van der Waals surface area contributed by atoms with Crippen LogP contribution >= 0.6 is 11.8 Å². The van der Waals surface area contributed by atoms with Crippen molar-refractivity contribution in [3.05, 3.63) is 35.9 Å². The van der Waals surface area contributed by atoms with Crippen molar-refractivity contribution in [1.29, 1.82) is 5.26 Å². The fourth-order valence-corrected chi connectivity index (χ4v) is 4.12. The Morgan fingerprint density at radius 2 is 2.00 bits per heavy atom. The lowest BCUT2D eigenvalue weighted by Gasteiger charge is -2.26. The first kappa shape index (κ1) is 16.0. The van der Waals surface area contributed by atoms with E-state index in [1.54, 1.807) is 7.05 Å². The van der Waals surface area contributed by atoms with Gasteiger partial charge in [0.25, 0.3) is 0 Å². The summed E-state index contributed by atoms with van der Waals surface area (Å²) in [4.78, 5) is 0. The Morgan fingerprint density at radius 1 is 1.37 bits per heavy atom. The Hall–Kier alpha value is -1.03. The van der Waals surface area contributed by atoms with Crippen LogP contribution in [0.1, 0.15) is 5.56 Å². The predicted octanol–water partition coefficient (Wildman–Crippen LogP) is 1.40. The van der Waals surface area contributed by atoms with E-state index in [2.05, 4.69) is 11.4 Å². The molecular formula is C13H18N2O2S2. The van der Waals surface area contributed by atoms with Crippen LogP contribution in [0, 0.1) is 11.3 Å². The van der Waals surface area contributed by atoms with E-state index in [0.717, 1.165) is 5.56 Å². The Kier molecular flexibility index (Phi) is 5.85. The first-order chi connectivity index (χ1) is 8.93. The van der Waals surface area contributed by atoms with E-state index < -0.39 is 15.4 Å². The van der Waals surface area contributed by atoms with Crippen molar-refractivity contribution in [2.45, 2.75) is 5.54 Å². The molecule has 19 heavy (non-hydrogen) atoms. The zero-order valence-electron chi connectivity index (χ0n) is 11.1. The first-order valence-electron chi connectivity index (χ1n) is 5.85. The normalized spacial score (nSPS) is 14.6. The highest BCUT2D eigenvalue weighted by atomic mass is 32.2. The van der Waals surface area contributed by atoms with E-state index in [-0.39, 0.29) is 5.75 Å². The van der Waals surface area contributed by atoms with Gasteiger partial charge >= 0.3 is 0 Å². The number of rotatable bonds is 7. The lowest BCUT2D eigenvalue weighted by molar-refractivity contribution is 0.528. The maximum Gasteiger partial charge on any atom is 0.148 e. The minimum atomic E-state index is -2.94. The van der Waals surface area contributed by atoms with Crippen LogP contribution in [-0.2, 0) is 15.4 Å². The molecule has 6 heteroatoms. The van der Waals surface area contributed by atoms with Crippen molar-refractivity contribution in [3.63, 3.8) is 0 Å². The lowest BCUT2D eigenvalue weighted by atomic mass is 9.94. The third-order valence-electron chi connectivity index (χ3n) is 2.80. The van der Waals surface area contributed by atoms with E-state index in [4.69, 9.17) is 0 Å². The average Bonchev–Trinajstić information content (AvgIpc) is 2.39. The number of nitriles is 1. The molecule has 1 unspecified atom stereocenters. The zero-order valence-corrected chi connectivity index (χ0v) is 12.7. The smallest absolute Gasteiger partial charge is 0.148 e. The van der Waals surface area contributed by atoms with Crippen LogP contribution in [0.2, 0.25) is 0 Å². The Morgan fingerprint density at radius 3 is 2.47 bits per heavy atom. The number of nitrogens with zero attached hydrogens (tertiary/aromatic N) is 1. The van der Waals surface area contributed by atoms with Crippen LogP contribution in [0.4, 0.5) is 0 Å². The summed E-state index contributed by atoms with van der Waals surface area (Å²) in [6.07, 6.45) is 1.22. The van der Waals surface area contributed by atoms with Crippen LogP contribution in [-0.4, -0.2) is 39.0 Å². The molecule has 1 N–H and O–H groups in total. The van der Waals surface area contributed by atoms with E-state index >= 15 is 0 Å². The topological polar surface area (TPSA) is 70.0 Å². The molecule has 0 saturated carbocycles. The summed E-state index contributed by atoms with van der Waals surface area (Å²) in [7, 11) is -1.20. The molecule has 0 aliphatic heterocycles. The minimum Gasteiger partial charge on any atom is -0.298 e. The molecule has 1 aromatic carbocycles. The molecule has 1 atom stereocenters. The molecule has 0 bridgehead atoms. The summed E-state index contributed by atoms with van der Waals surface area (Å²) >= 11 is 1.47. The summed E-state index contributed by atoms with van der Waals surface area (Å²) in [6.45, 7) is 0. The summed E-state index contributed by atoms with van der Waals surface area (Å²) in [6, 6.07) is 11.8. The SMILES string of the molecule is CNC(C#N)(CSCCS(C)(=O)=O)c1ccccc1. The fourth-order valence-electron chi connectivity index (χ4n) is 1.61. The van der Waals surface area contributed by atoms with Gasteiger partial charge < -0.3 is 0 Å². The average molecular weight is 298 g/mol. The summed E-state index contributed by atoms with van der Waals surface area (Å²) in [5, 5.41) is 12.5. The van der Waals surface area contributed by atoms with Crippen LogP contribution in [0.25, 0.3) is 0 Å². The minimum absolute atomic E-state index is 0.137. The van der Waals surface area contributed by atoms with Gasteiger partial charge in [0.2, 0.25) is 0 Å². The molecule has 1 rings (SSSR count). The first-order valence-corrected chi connectivity index (χ1v) is 9.06. The molecule has 0 radical (unpaired) electrons. The third-order valence-corrected chi connectivity index (χ3v) is 5.14. The molecule has 0 amide bonds. The molecule has 4 nitrogen and oxygen atoms in total. The van der Waals surface area contributed by atoms with Crippen molar-refractivity contribution in [1.82, 2.24) is 5.32 Å². The van der Waals surface area contributed by atoms with Gasteiger partial charge in [-0.15, -0.1) is 0 Å². The highest BCUT2D eigenvalue weighted by Gasteiger charge is 2.30. The third kappa shape index (κ3) is 4.86. The quantitative estimate of drug-likeness (QED) is 0.771. The van der Waals surface area contributed by atoms with Gasteiger partial charge in [-0.25, -0.2) is 8.42 Å². The Balaban J connectivity index is 2.72. The molecule has 0 heterocycles. The van der Waals surface area contributed by atoms with Crippen LogP contribution in [0.3, 0.4) is 0 Å². The number of hydrogen-bond donors (Lipinski definition) is 1. The van der Waals surface area contributed by atoms with E-state index in [1.807, 2.05) is 30.3 Å². The van der Waals surface area contributed by atoms with Gasteiger partial charge in [-0.1, -0.05) is 30.3 Å². The van der Waals surface area contributed by atoms with E-state index in [0.29, 0.717) is 11.5 Å². The molecule has 0 saturated heterocycles. The van der Waals surface area contributed by atoms with Crippen molar-refractivity contribution in [2.75, 3.05) is 30.6 Å². The van der Waals surface area contributed by atoms with Gasteiger partial charge in [-0.05, 0) is 12.6 Å². The molecule has 0 aliphatic rings. The van der Waals surface area contributed by atoms with Crippen molar-refractivity contribution in [3.8, 4) is 6.07 Å². The lowest BCUT2D eigenvalue weighted by Crippen LogP contribution is -2.41. The highest BCUT2D eigenvalue weighted by molar-refractivity contribution is 8.00. The number of sulfone groups is 1. The van der Waals surface area contributed by atoms with Crippen molar-refractivity contribution >= 4 is 21.6 Å². The van der Waals surface area contributed by atoms with E-state index in [9.17, 15) is 13.7 Å². The summed E-state index contributed by atoms with van der Waals surface area (Å²) in [5.41, 5.74) is 0.121. The molecule has 104 valence electrons. The zero-order chi connectivity index (χ0) is 14.4. The van der Waals surface area contributed by atoms with Crippen LogP contribution < -0.4 is 5.32 Å². The molecule has 0 fully saturated rings. The second-order valence-corrected chi connectivity index (χ2v) is 7.68. The van der Waals surface area contributed by atoms with Gasteiger partial charge in [0.15, 0.2) is 0 Å². The number of benzene rings is 1. The molecule has 0 aromatic heterocycles. The predicted molar refractivity (Wildman–Crippen MR) is 79.8 cm³/mol. The van der Waals surface area contributed by atoms with Gasteiger partial charge in [-0.3, -0.25) is 5.32 Å². The highest BCUT2D eigenvalue weighted by Crippen LogP contribution is 2.24. The maximum atomic E-state index is 11.1. The van der Waals surface area contributed by atoms with Gasteiger partial charge in [-0.2, -0.15) is 17.0 Å². The monoisotopic (exact) mass is 298 g/mol. The van der Waals surface area contributed by atoms with Crippen molar-refractivity contribution in [2.24, 2.45) is 0 Å². The van der Waals surface area contributed by atoms with Crippen molar-refractivity contribution < 1.29 is 8.42 Å². The summed E-state index contributed by atoms with van der Waals surface area (Å²) in [5.74, 6) is 1.15. The molecule has 0 aliphatic carbocycles. The largest absolute Gasteiger partial charge is 0.298 e. The number of hydrogen-bond acceptors (Lipinski definition) is 5. The second kappa shape index (κ2) is 6.94. The Labute approximate surface area is 119 Å². The van der Waals surface area contributed by atoms with Gasteiger partial charge in [0.1, 0.15) is 15.4 Å². The fraction of sp³-hybridized carbons (Fsp3) is 0.462.